The zero-order chi connectivity index (χ0) is 33.0. The van der Waals surface area contributed by atoms with Crippen LogP contribution in [0.2, 0.25) is 5.02 Å². The van der Waals surface area contributed by atoms with E-state index in [1.165, 1.54) is 6.07 Å². The summed E-state index contributed by atoms with van der Waals surface area (Å²) in [7, 11) is 0. The molecule has 5 heterocycles. The molecule has 3 aliphatic heterocycles. The van der Waals surface area contributed by atoms with Crippen LogP contribution in [0.1, 0.15) is 54.1 Å². The third-order valence-corrected chi connectivity index (χ3v) is 9.63. The Labute approximate surface area is 277 Å². The molecule has 48 heavy (non-hydrogen) atoms. The summed E-state index contributed by atoms with van der Waals surface area (Å²) in [5, 5.41) is 7.30. The fourth-order valence-corrected chi connectivity index (χ4v) is 6.93. The molecule has 2 aromatic heterocycles. The number of nitrogens with one attached hydrogen (secondary N) is 1. The molecule has 14 heteroatoms. The van der Waals surface area contributed by atoms with Crippen molar-refractivity contribution in [1.29, 1.82) is 0 Å². The van der Waals surface area contributed by atoms with Gasteiger partial charge in [0.15, 0.2) is 23.4 Å². The van der Waals surface area contributed by atoms with Crippen molar-refractivity contribution in [3.63, 3.8) is 0 Å². The molecular formula is C34H31ClF4N6O3. The number of hydrogen-bond donors (Lipinski definition) is 1. The van der Waals surface area contributed by atoms with Gasteiger partial charge >= 0.3 is 6.18 Å². The first-order valence-corrected chi connectivity index (χ1v) is 16.3. The highest BCUT2D eigenvalue weighted by Crippen LogP contribution is 2.44. The number of nitrogens with zero attached hydrogens (tertiary/aromatic N) is 5. The van der Waals surface area contributed by atoms with E-state index in [0.29, 0.717) is 46.3 Å². The summed E-state index contributed by atoms with van der Waals surface area (Å²) in [6.07, 6.45) is -2.32. The van der Waals surface area contributed by atoms with Crippen LogP contribution in [-0.4, -0.2) is 62.0 Å². The Morgan fingerprint density at radius 3 is 2.54 bits per heavy atom. The molecule has 9 nitrogen and oxygen atoms in total. The Morgan fingerprint density at radius 1 is 0.979 bits per heavy atom. The predicted molar refractivity (Wildman–Crippen MR) is 168 cm³/mol. The molecule has 0 bridgehead atoms. The Bertz CT molecular complexity index is 1970. The predicted octanol–water partition coefficient (Wildman–Crippen LogP) is 7.31. The van der Waals surface area contributed by atoms with E-state index in [4.69, 9.17) is 30.8 Å². The molecule has 2 unspecified atom stereocenters. The lowest BCUT2D eigenvalue weighted by atomic mass is 9.88. The lowest BCUT2D eigenvalue weighted by Crippen LogP contribution is -2.35. The third kappa shape index (κ3) is 5.99. The molecule has 2 saturated heterocycles. The Morgan fingerprint density at radius 2 is 1.81 bits per heavy atom. The van der Waals surface area contributed by atoms with E-state index in [1.54, 1.807) is 24.3 Å². The first-order valence-electron chi connectivity index (χ1n) is 15.9. The second kappa shape index (κ2) is 12.4. The van der Waals surface area contributed by atoms with E-state index in [2.05, 4.69) is 30.7 Å². The number of H-pyrrole nitrogens is 1. The highest BCUT2D eigenvalue weighted by molar-refractivity contribution is 6.30. The first kappa shape index (κ1) is 31.1. The Hall–Kier alpha value is -4.20. The van der Waals surface area contributed by atoms with Gasteiger partial charge in [-0.2, -0.15) is 13.2 Å². The number of hydrogen-bond acceptors (Lipinski definition) is 7. The van der Waals surface area contributed by atoms with E-state index in [0.717, 1.165) is 55.9 Å². The largest absolute Gasteiger partial charge is 0.485 e. The molecule has 250 valence electrons. The van der Waals surface area contributed by atoms with Crippen molar-refractivity contribution in [1.82, 2.24) is 29.6 Å². The molecule has 1 N–H and O–H groups in total. The van der Waals surface area contributed by atoms with E-state index < -0.39 is 23.9 Å². The van der Waals surface area contributed by atoms with Gasteiger partial charge in [-0.1, -0.05) is 29.8 Å². The standard InChI is InChI=1S/C34H31ClF4N6O3/c35-21-5-6-24(25(36)15-21)29-18-47-31-23(2-1-3-28(31)48-29)19-8-11-44(12-9-19)17-30-40-26-14-20(32-41-33(43-42-32)34(37,38)39)4-7-27(26)45(30)16-22-10-13-46-22/h1-7,14-15,19,22,29H,8-13,16-18H2,(H,41,42,43). The fraction of sp³-hybridized carbons (Fsp3) is 0.382. The van der Waals surface area contributed by atoms with Gasteiger partial charge in [-0.25, -0.2) is 9.37 Å². The molecule has 0 aliphatic carbocycles. The molecule has 0 saturated carbocycles. The quantitative estimate of drug-likeness (QED) is 0.180. The minimum atomic E-state index is -4.61. The first-order chi connectivity index (χ1) is 23.2. The molecule has 8 rings (SSSR count). The smallest absolute Gasteiger partial charge is 0.451 e. The third-order valence-electron chi connectivity index (χ3n) is 9.40. The number of benzene rings is 3. The summed E-state index contributed by atoms with van der Waals surface area (Å²) >= 11 is 5.93. The number of para-hydroxylation sites is 1. The monoisotopic (exact) mass is 682 g/mol. The second-order valence-corrected chi connectivity index (χ2v) is 12.9. The van der Waals surface area contributed by atoms with Crippen LogP contribution in [0.4, 0.5) is 17.6 Å². The second-order valence-electron chi connectivity index (χ2n) is 12.5. The van der Waals surface area contributed by atoms with E-state index >= 15 is 0 Å². The number of aromatic amines is 1. The maximum absolute atomic E-state index is 14.6. The van der Waals surface area contributed by atoms with Gasteiger partial charge in [0, 0.05) is 28.3 Å². The van der Waals surface area contributed by atoms with Crippen molar-refractivity contribution < 1.29 is 31.8 Å². The van der Waals surface area contributed by atoms with E-state index in [1.807, 2.05) is 18.2 Å². The number of rotatable bonds is 7. The van der Waals surface area contributed by atoms with E-state index in [9.17, 15) is 17.6 Å². The summed E-state index contributed by atoms with van der Waals surface area (Å²) < 4.78 is 74.2. The van der Waals surface area contributed by atoms with Crippen LogP contribution >= 0.6 is 11.6 Å². The van der Waals surface area contributed by atoms with Gasteiger partial charge in [0.1, 0.15) is 18.2 Å². The van der Waals surface area contributed by atoms with Crippen molar-refractivity contribution in [3.8, 4) is 22.9 Å². The summed E-state index contributed by atoms with van der Waals surface area (Å²) in [5.41, 5.74) is 3.53. The molecule has 5 aromatic rings. The van der Waals surface area contributed by atoms with Crippen molar-refractivity contribution in [2.75, 3.05) is 26.3 Å². The highest BCUT2D eigenvalue weighted by Gasteiger charge is 2.36. The van der Waals surface area contributed by atoms with E-state index in [-0.39, 0.29) is 24.5 Å². The number of piperidine rings is 1. The number of alkyl halides is 3. The number of fused-ring (bicyclic) bond motifs is 2. The van der Waals surface area contributed by atoms with Crippen LogP contribution in [0.25, 0.3) is 22.4 Å². The minimum absolute atomic E-state index is 0.0369. The van der Waals surface area contributed by atoms with Gasteiger partial charge < -0.3 is 23.8 Å². The molecular weight excluding hydrogens is 652 g/mol. The van der Waals surface area contributed by atoms with Crippen LogP contribution in [0.15, 0.2) is 54.6 Å². The molecule has 0 spiro atoms. The van der Waals surface area contributed by atoms with Crippen LogP contribution in [0, 0.1) is 5.82 Å². The SMILES string of the molecule is Fc1cc(Cl)ccc1C1COc2c(cccc2C2CCN(Cc3nc4cc(-c5nnc(C(F)(F)F)[nH]5)ccc4n3CC3CCO3)CC2)O1. The molecule has 3 aliphatic rings. The summed E-state index contributed by atoms with van der Waals surface area (Å²) in [6.45, 7) is 3.86. The van der Waals surface area contributed by atoms with Gasteiger partial charge in [0.25, 0.3) is 0 Å². The van der Waals surface area contributed by atoms with Crippen molar-refractivity contribution >= 4 is 22.6 Å². The molecule has 0 amide bonds. The van der Waals surface area contributed by atoms with Crippen LogP contribution in [-0.2, 0) is 24.0 Å². The zero-order valence-electron chi connectivity index (χ0n) is 25.6. The Balaban J connectivity index is 0.979. The molecule has 0 radical (unpaired) electrons. The zero-order valence-corrected chi connectivity index (χ0v) is 26.4. The number of halogens is 5. The number of likely N-dealkylation sites (tertiary alicyclic amines) is 1. The highest BCUT2D eigenvalue weighted by atomic mass is 35.5. The van der Waals surface area contributed by atoms with Gasteiger partial charge in [-0.05, 0) is 74.7 Å². The van der Waals surface area contributed by atoms with Gasteiger partial charge in [0.05, 0.1) is 30.2 Å². The average molecular weight is 683 g/mol. The van der Waals surface area contributed by atoms with Crippen LogP contribution in [0.3, 0.4) is 0 Å². The summed E-state index contributed by atoms with van der Waals surface area (Å²) in [6, 6.07) is 15.8. The number of ether oxygens (including phenoxy) is 3. The number of aromatic nitrogens is 5. The lowest BCUT2D eigenvalue weighted by Gasteiger charge is -2.35. The maximum Gasteiger partial charge on any atom is 0.451 e. The van der Waals surface area contributed by atoms with Crippen molar-refractivity contribution in [2.24, 2.45) is 0 Å². The average Bonchev–Trinajstić information content (AvgIpc) is 3.68. The van der Waals surface area contributed by atoms with Crippen LogP contribution in [0.5, 0.6) is 11.5 Å². The normalized spacial score (nSPS) is 20.3. The summed E-state index contributed by atoms with van der Waals surface area (Å²) in [4.78, 5) is 9.59. The number of imidazole rings is 1. The fourth-order valence-electron chi connectivity index (χ4n) is 6.77. The van der Waals surface area contributed by atoms with Crippen LogP contribution < -0.4 is 9.47 Å². The molecule has 2 atom stereocenters. The van der Waals surface area contributed by atoms with Gasteiger partial charge in [0.2, 0.25) is 5.82 Å². The molecule has 3 aromatic carbocycles. The Kier molecular flexibility index (Phi) is 8.00. The van der Waals surface area contributed by atoms with Gasteiger partial charge in [-0.15, -0.1) is 10.2 Å². The minimum Gasteiger partial charge on any atom is -0.485 e. The topological polar surface area (TPSA) is 90.3 Å². The lowest BCUT2D eigenvalue weighted by molar-refractivity contribution is -0.144. The van der Waals surface area contributed by atoms with Gasteiger partial charge in [-0.3, -0.25) is 4.90 Å². The molecule has 2 fully saturated rings. The summed E-state index contributed by atoms with van der Waals surface area (Å²) in [5.74, 6) is 0.930. The van der Waals surface area contributed by atoms with Crippen molar-refractivity contribution in [2.45, 2.75) is 56.7 Å². The van der Waals surface area contributed by atoms with Crippen molar-refractivity contribution in [3.05, 3.63) is 88.2 Å². The maximum atomic E-state index is 14.6.